The van der Waals surface area contributed by atoms with Gasteiger partial charge in [0.1, 0.15) is 5.41 Å². The maximum Gasteiger partial charge on any atom is 0.153 e. The predicted molar refractivity (Wildman–Crippen MR) is 57.3 cm³/mol. The zero-order valence-electron chi connectivity index (χ0n) is 8.40. The summed E-state index contributed by atoms with van der Waals surface area (Å²) in [6.45, 7) is 0. The SMILES string of the molecule is N#CC1(Cc2nccs2)CCCCC1=O. The van der Waals surface area contributed by atoms with Gasteiger partial charge < -0.3 is 0 Å². The molecule has 3 nitrogen and oxygen atoms in total. The van der Waals surface area contributed by atoms with Crippen LogP contribution in [0.5, 0.6) is 0 Å². The van der Waals surface area contributed by atoms with Gasteiger partial charge in [-0.05, 0) is 12.8 Å². The summed E-state index contributed by atoms with van der Waals surface area (Å²) < 4.78 is 0. The van der Waals surface area contributed by atoms with Gasteiger partial charge in [-0.2, -0.15) is 5.26 Å². The maximum absolute atomic E-state index is 11.8. The van der Waals surface area contributed by atoms with Gasteiger partial charge in [0.2, 0.25) is 0 Å². The van der Waals surface area contributed by atoms with Crippen molar-refractivity contribution in [3.8, 4) is 6.07 Å². The molecule has 1 fully saturated rings. The third-order valence-corrected chi connectivity index (χ3v) is 3.72. The summed E-state index contributed by atoms with van der Waals surface area (Å²) in [5.41, 5.74) is -0.782. The van der Waals surface area contributed by atoms with Crippen molar-refractivity contribution in [3.05, 3.63) is 16.6 Å². The molecule has 1 unspecified atom stereocenters. The number of carbonyl (C=O) groups excluding carboxylic acids is 1. The second-order valence-corrected chi connectivity index (χ2v) is 4.91. The summed E-state index contributed by atoms with van der Waals surface area (Å²) in [6.07, 6.45) is 5.38. The molecule has 0 radical (unpaired) electrons. The minimum Gasteiger partial charge on any atom is -0.298 e. The smallest absolute Gasteiger partial charge is 0.153 e. The average Bonchev–Trinajstić information content (AvgIpc) is 2.74. The average molecular weight is 220 g/mol. The molecule has 0 N–H and O–H groups in total. The largest absolute Gasteiger partial charge is 0.298 e. The molecule has 1 aromatic heterocycles. The van der Waals surface area contributed by atoms with Crippen molar-refractivity contribution in [3.63, 3.8) is 0 Å². The van der Waals surface area contributed by atoms with Gasteiger partial charge >= 0.3 is 0 Å². The monoisotopic (exact) mass is 220 g/mol. The fourth-order valence-electron chi connectivity index (χ4n) is 2.03. The summed E-state index contributed by atoms with van der Waals surface area (Å²) >= 11 is 1.52. The van der Waals surface area contributed by atoms with Gasteiger partial charge in [-0.15, -0.1) is 11.3 Å². The number of thiazole rings is 1. The normalized spacial score (nSPS) is 26.2. The molecule has 0 spiro atoms. The van der Waals surface area contributed by atoms with Gasteiger partial charge in [0.05, 0.1) is 11.1 Å². The van der Waals surface area contributed by atoms with Gasteiger partial charge in [-0.25, -0.2) is 4.98 Å². The van der Waals surface area contributed by atoms with Crippen LogP contribution in [0.4, 0.5) is 0 Å². The van der Waals surface area contributed by atoms with E-state index in [1.165, 1.54) is 11.3 Å². The number of ketones is 1. The molecular formula is C11H12N2OS. The van der Waals surface area contributed by atoms with Crippen molar-refractivity contribution in [2.45, 2.75) is 32.1 Å². The molecule has 78 valence electrons. The molecule has 1 heterocycles. The molecular weight excluding hydrogens is 208 g/mol. The van der Waals surface area contributed by atoms with Crippen molar-refractivity contribution in [1.29, 1.82) is 5.26 Å². The van der Waals surface area contributed by atoms with Crippen molar-refractivity contribution < 1.29 is 4.79 Å². The first kappa shape index (κ1) is 10.3. The van der Waals surface area contributed by atoms with E-state index in [9.17, 15) is 10.1 Å². The molecule has 15 heavy (non-hydrogen) atoms. The lowest BCUT2D eigenvalue weighted by molar-refractivity contribution is -0.128. The highest BCUT2D eigenvalue weighted by atomic mass is 32.1. The van der Waals surface area contributed by atoms with Crippen molar-refractivity contribution >= 4 is 17.1 Å². The highest BCUT2D eigenvalue weighted by molar-refractivity contribution is 7.09. The summed E-state index contributed by atoms with van der Waals surface area (Å²) in [5, 5.41) is 12.0. The fourth-order valence-corrected chi connectivity index (χ4v) is 2.76. The Hall–Kier alpha value is -1.21. The Morgan fingerprint density at radius 3 is 3.07 bits per heavy atom. The predicted octanol–water partition coefficient (Wildman–Crippen LogP) is 2.34. The fraction of sp³-hybridized carbons (Fsp3) is 0.545. The number of Topliss-reactive ketones (excluding diaryl/α,β-unsaturated/α-hetero) is 1. The van der Waals surface area contributed by atoms with Gasteiger partial charge in [0.25, 0.3) is 0 Å². The number of rotatable bonds is 2. The Kier molecular flexibility index (Phi) is 2.83. The minimum atomic E-state index is -0.782. The molecule has 4 heteroatoms. The van der Waals surface area contributed by atoms with Crippen LogP contribution in [-0.4, -0.2) is 10.8 Å². The van der Waals surface area contributed by atoms with E-state index in [4.69, 9.17) is 0 Å². The maximum atomic E-state index is 11.8. The Morgan fingerprint density at radius 1 is 1.60 bits per heavy atom. The molecule has 1 aromatic rings. The third-order valence-electron chi connectivity index (χ3n) is 2.94. The van der Waals surface area contributed by atoms with E-state index in [0.29, 0.717) is 19.3 Å². The van der Waals surface area contributed by atoms with Crippen molar-refractivity contribution in [2.75, 3.05) is 0 Å². The highest BCUT2D eigenvalue weighted by Crippen LogP contribution is 2.36. The van der Waals surface area contributed by atoms with Crippen LogP contribution in [0.25, 0.3) is 0 Å². The number of carbonyl (C=O) groups is 1. The highest BCUT2D eigenvalue weighted by Gasteiger charge is 2.40. The van der Waals surface area contributed by atoms with E-state index in [-0.39, 0.29) is 5.78 Å². The molecule has 1 aliphatic rings. The zero-order valence-corrected chi connectivity index (χ0v) is 9.22. The Bertz CT molecular complexity index is 393. The number of nitrogens with zero attached hydrogens (tertiary/aromatic N) is 2. The first-order chi connectivity index (χ1) is 7.27. The number of aromatic nitrogens is 1. The lowest BCUT2D eigenvalue weighted by Gasteiger charge is -2.28. The first-order valence-electron chi connectivity index (χ1n) is 5.10. The molecule has 0 saturated heterocycles. The number of hydrogen-bond donors (Lipinski definition) is 0. The van der Waals surface area contributed by atoms with E-state index in [2.05, 4.69) is 11.1 Å². The summed E-state index contributed by atoms with van der Waals surface area (Å²) in [4.78, 5) is 16.0. The van der Waals surface area contributed by atoms with Crippen LogP contribution in [0.1, 0.15) is 30.7 Å². The van der Waals surface area contributed by atoms with Crippen LogP contribution in [0, 0.1) is 16.7 Å². The second-order valence-electron chi connectivity index (χ2n) is 3.93. The van der Waals surface area contributed by atoms with Gasteiger partial charge in [-0.1, -0.05) is 6.42 Å². The second kappa shape index (κ2) is 4.11. The summed E-state index contributed by atoms with van der Waals surface area (Å²) in [7, 11) is 0. The van der Waals surface area contributed by atoms with Gasteiger partial charge in [-0.3, -0.25) is 4.79 Å². The van der Waals surface area contributed by atoms with E-state index in [1.54, 1.807) is 6.20 Å². The Labute approximate surface area is 92.8 Å². The molecule has 0 aromatic carbocycles. The van der Waals surface area contributed by atoms with E-state index in [1.807, 2.05) is 5.38 Å². The topological polar surface area (TPSA) is 53.8 Å². The molecule has 1 aliphatic carbocycles. The van der Waals surface area contributed by atoms with E-state index < -0.39 is 5.41 Å². The third kappa shape index (κ3) is 1.93. The van der Waals surface area contributed by atoms with Gasteiger partial charge in [0, 0.05) is 24.4 Å². The van der Waals surface area contributed by atoms with E-state index >= 15 is 0 Å². The molecule has 0 amide bonds. The number of nitriles is 1. The molecule has 1 atom stereocenters. The lowest BCUT2D eigenvalue weighted by Crippen LogP contribution is -2.34. The number of hydrogen-bond acceptors (Lipinski definition) is 4. The zero-order chi connectivity index (χ0) is 10.7. The summed E-state index contributed by atoms with van der Waals surface area (Å²) in [5.74, 6) is 0.103. The van der Waals surface area contributed by atoms with Crippen molar-refractivity contribution in [1.82, 2.24) is 4.98 Å². The van der Waals surface area contributed by atoms with Crippen LogP contribution in [0.15, 0.2) is 11.6 Å². The van der Waals surface area contributed by atoms with Crippen LogP contribution in [0.2, 0.25) is 0 Å². The Balaban J connectivity index is 2.21. The lowest BCUT2D eigenvalue weighted by atomic mass is 9.72. The summed E-state index contributed by atoms with van der Waals surface area (Å²) in [6, 6.07) is 2.22. The van der Waals surface area contributed by atoms with Crippen LogP contribution >= 0.6 is 11.3 Å². The molecule has 2 rings (SSSR count). The van der Waals surface area contributed by atoms with Crippen LogP contribution in [-0.2, 0) is 11.2 Å². The van der Waals surface area contributed by atoms with Crippen LogP contribution in [0.3, 0.4) is 0 Å². The molecule has 0 bridgehead atoms. The van der Waals surface area contributed by atoms with Crippen molar-refractivity contribution in [2.24, 2.45) is 5.41 Å². The first-order valence-corrected chi connectivity index (χ1v) is 5.98. The standard InChI is InChI=1S/C11H12N2OS/c12-8-11(4-2-1-3-9(11)14)7-10-13-5-6-15-10/h5-6H,1-4,7H2. The Morgan fingerprint density at radius 2 is 2.47 bits per heavy atom. The van der Waals surface area contributed by atoms with Gasteiger partial charge in [0.15, 0.2) is 5.78 Å². The minimum absolute atomic E-state index is 0.103. The molecule has 1 saturated carbocycles. The molecule has 0 aliphatic heterocycles. The van der Waals surface area contributed by atoms with Crippen LogP contribution < -0.4 is 0 Å². The van der Waals surface area contributed by atoms with E-state index in [0.717, 1.165) is 17.8 Å². The quantitative estimate of drug-likeness (QED) is 0.768.